The Labute approximate surface area is 206 Å². The first-order valence-corrected chi connectivity index (χ1v) is 13.8. The summed E-state index contributed by atoms with van der Waals surface area (Å²) in [5.74, 6) is -1.17. The average molecular weight is 513 g/mol. The summed E-state index contributed by atoms with van der Waals surface area (Å²) in [7, 11) is -3.43. The molecule has 2 aliphatic heterocycles. The van der Waals surface area contributed by atoms with E-state index in [1.165, 1.54) is 0 Å². The number of carbonyl (C=O) groups is 2. The van der Waals surface area contributed by atoms with Crippen molar-refractivity contribution in [3.8, 4) is 11.5 Å². The van der Waals surface area contributed by atoms with Crippen LogP contribution in [0.4, 0.5) is 0 Å². The first kappa shape index (κ1) is 27.2. The molecule has 1 fully saturated rings. The second kappa shape index (κ2) is 12.0. The molecule has 1 aromatic carbocycles. The van der Waals surface area contributed by atoms with Crippen molar-refractivity contribution >= 4 is 21.9 Å². The van der Waals surface area contributed by atoms with E-state index >= 15 is 0 Å². The maximum absolute atomic E-state index is 13.2. The van der Waals surface area contributed by atoms with Crippen molar-refractivity contribution in [1.29, 1.82) is 0 Å². The summed E-state index contributed by atoms with van der Waals surface area (Å²) in [6.07, 6.45) is 3.10. The lowest BCUT2D eigenvalue weighted by atomic mass is 9.84. The first-order valence-electron chi connectivity index (χ1n) is 11.9. The Morgan fingerprint density at radius 3 is 2.66 bits per heavy atom. The largest absolute Gasteiger partial charge is 0.481 e. The number of sulfonamides is 1. The van der Waals surface area contributed by atoms with Crippen LogP contribution in [0.15, 0.2) is 18.2 Å². The molecule has 0 saturated carbocycles. The van der Waals surface area contributed by atoms with Crippen LogP contribution >= 0.6 is 0 Å². The van der Waals surface area contributed by atoms with Crippen LogP contribution in [-0.4, -0.2) is 93.6 Å². The van der Waals surface area contributed by atoms with Gasteiger partial charge in [-0.05, 0) is 30.5 Å². The van der Waals surface area contributed by atoms with Crippen LogP contribution in [0.2, 0.25) is 0 Å². The number of ether oxygens (including phenoxy) is 2. The number of carbonyl (C=O) groups excluding carboxylic acids is 1. The summed E-state index contributed by atoms with van der Waals surface area (Å²) < 4.78 is 36.5. The highest BCUT2D eigenvalue weighted by Gasteiger charge is 2.47. The molecule has 2 heterocycles. The smallest absolute Gasteiger partial charge is 0.308 e. The van der Waals surface area contributed by atoms with Crippen molar-refractivity contribution in [3.63, 3.8) is 0 Å². The molecule has 0 radical (unpaired) electrons. The van der Waals surface area contributed by atoms with E-state index < -0.39 is 33.9 Å². The number of hydrogen-bond donors (Lipinski definition) is 3. The zero-order valence-electron chi connectivity index (χ0n) is 20.3. The van der Waals surface area contributed by atoms with E-state index in [0.717, 1.165) is 24.7 Å². The predicted octanol–water partition coefficient (Wildman–Crippen LogP) is 0.411. The molecule has 2 aliphatic rings. The fraction of sp³-hybridized carbons (Fsp3) is 0.652. The number of carboxylic acids is 1. The standard InChI is InChI=1S/C23H36N4O7S/c1-3-4-10-26(11-8-24)21(28)14-27-13-17(16-5-6-19-20(12-16)34-15-33-19)22(23(29)30)18(27)7-9-25-35(2,31)32/h5-6,12,17-18,22,25H,3-4,7-11,13-15,24H2,1-2H3,(H,29,30). The van der Waals surface area contributed by atoms with E-state index in [2.05, 4.69) is 4.72 Å². The molecule has 196 valence electrons. The van der Waals surface area contributed by atoms with Crippen molar-refractivity contribution in [1.82, 2.24) is 14.5 Å². The number of unbranched alkanes of at least 4 members (excludes halogenated alkanes) is 1. The quantitative estimate of drug-likeness (QED) is 0.341. The third-order valence-electron chi connectivity index (χ3n) is 6.53. The Kier molecular flexibility index (Phi) is 9.34. The number of amides is 1. The third-order valence-corrected chi connectivity index (χ3v) is 7.26. The third kappa shape index (κ3) is 7.06. The van der Waals surface area contributed by atoms with Gasteiger partial charge in [-0.25, -0.2) is 13.1 Å². The van der Waals surface area contributed by atoms with Gasteiger partial charge in [0.05, 0.1) is 18.7 Å². The van der Waals surface area contributed by atoms with Gasteiger partial charge in [0.2, 0.25) is 22.7 Å². The first-order chi connectivity index (χ1) is 16.6. The fourth-order valence-corrected chi connectivity index (χ4v) is 5.35. The molecule has 1 aromatic rings. The molecule has 1 saturated heterocycles. The Balaban J connectivity index is 1.86. The Morgan fingerprint density at radius 1 is 1.26 bits per heavy atom. The summed E-state index contributed by atoms with van der Waals surface area (Å²) in [5.41, 5.74) is 6.49. The molecule has 0 aliphatic carbocycles. The fourth-order valence-electron chi connectivity index (χ4n) is 4.87. The van der Waals surface area contributed by atoms with E-state index in [1.54, 1.807) is 17.0 Å². The number of likely N-dealkylation sites (tertiary alicyclic amines) is 1. The molecule has 0 aromatic heterocycles. The highest BCUT2D eigenvalue weighted by Crippen LogP contribution is 2.42. The van der Waals surface area contributed by atoms with Gasteiger partial charge in [-0.1, -0.05) is 19.4 Å². The maximum Gasteiger partial charge on any atom is 0.308 e. The lowest BCUT2D eigenvalue weighted by Crippen LogP contribution is -2.46. The molecular formula is C23H36N4O7S. The molecule has 11 nitrogen and oxygen atoms in total. The summed E-state index contributed by atoms with van der Waals surface area (Å²) in [5, 5.41) is 10.2. The van der Waals surface area contributed by atoms with Gasteiger partial charge in [-0.2, -0.15) is 0 Å². The number of nitrogens with two attached hydrogens (primary N) is 1. The number of rotatable bonds is 13. The van der Waals surface area contributed by atoms with Crippen molar-refractivity contribution in [2.75, 3.05) is 52.3 Å². The van der Waals surface area contributed by atoms with Crippen LogP contribution in [0.3, 0.4) is 0 Å². The molecule has 12 heteroatoms. The average Bonchev–Trinajstić information content (AvgIpc) is 3.40. The van der Waals surface area contributed by atoms with Gasteiger partial charge in [0, 0.05) is 44.7 Å². The zero-order chi connectivity index (χ0) is 25.6. The summed E-state index contributed by atoms with van der Waals surface area (Å²) in [6, 6.07) is 4.85. The number of aliphatic carboxylic acids is 1. The number of nitrogens with zero attached hydrogens (tertiary/aromatic N) is 2. The number of carboxylic acid groups (broad SMARTS) is 1. The second-order valence-corrected chi connectivity index (χ2v) is 10.9. The van der Waals surface area contributed by atoms with Crippen molar-refractivity contribution in [3.05, 3.63) is 23.8 Å². The molecule has 0 spiro atoms. The molecule has 0 bridgehead atoms. The SMILES string of the molecule is CCCCN(CCN)C(=O)CN1CC(c2ccc3c(c2)OCO3)C(C(=O)O)C1CCNS(C)(=O)=O. The number of fused-ring (bicyclic) bond motifs is 1. The predicted molar refractivity (Wildman–Crippen MR) is 130 cm³/mol. The van der Waals surface area contributed by atoms with Crippen molar-refractivity contribution < 1.29 is 32.6 Å². The van der Waals surface area contributed by atoms with Crippen molar-refractivity contribution in [2.24, 2.45) is 11.7 Å². The van der Waals surface area contributed by atoms with E-state index in [-0.39, 0.29) is 32.2 Å². The minimum Gasteiger partial charge on any atom is -0.481 e. The molecule has 3 rings (SSSR count). The van der Waals surface area contributed by atoms with Gasteiger partial charge in [0.1, 0.15) is 0 Å². The number of benzene rings is 1. The van der Waals surface area contributed by atoms with Crippen LogP contribution in [0.5, 0.6) is 11.5 Å². The summed E-state index contributed by atoms with van der Waals surface area (Å²) in [4.78, 5) is 29.2. The van der Waals surface area contributed by atoms with Gasteiger partial charge < -0.3 is 25.2 Å². The monoisotopic (exact) mass is 512 g/mol. The molecule has 1 amide bonds. The van der Waals surface area contributed by atoms with Gasteiger partial charge in [-0.3, -0.25) is 14.5 Å². The minimum atomic E-state index is -3.43. The highest BCUT2D eigenvalue weighted by atomic mass is 32.2. The number of hydrogen-bond acceptors (Lipinski definition) is 8. The highest BCUT2D eigenvalue weighted by molar-refractivity contribution is 7.88. The Morgan fingerprint density at radius 2 is 2.00 bits per heavy atom. The van der Waals surface area contributed by atoms with Gasteiger partial charge in [0.15, 0.2) is 11.5 Å². The maximum atomic E-state index is 13.2. The van der Waals surface area contributed by atoms with Crippen LogP contribution < -0.4 is 19.9 Å². The zero-order valence-corrected chi connectivity index (χ0v) is 21.1. The molecule has 3 atom stereocenters. The van der Waals surface area contributed by atoms with E-state index in [9.17, 15) is 23.1 Å². The summed E-state index contributed by atoms with van der Waals surface area (Å²) >= 11 is 0. The topological polar surface area (TPSA) is 152 Å². The number of nitrogens with one attached hydrogen (secondary N) is 1. The lowest BCUT2D eigenvalue weighted by molar-refractivity contribution is -0.143. The van der Waals surface area contributed by atoms with E-state index in [0.29, 0.717) is 37.7 Å². The van der Waals surface area contributed by atoms with Crippen LogP contribution in [0, 0.1) is 5.92 Å². The van der Waals surface area contributed by atoms with Crippen molar-refractivity contribution in [2.45, 2.75) is 38.1 Å². The van der Waals surface area contributed by atoms with Crippen LogP contribution in [0.25, 0.3) is 0 Å². The van der Waals surface area contributed by atoms with Gasteiger partial charge in [0.25, 0.3) is 0 Å². The van der Waals surface area contributed by atoms with Gasteiger partial charge in [-0.15, -0.1) is 0 Å². The molecule has 3 unspecified atom stereocenters. The Bertz CT molecular complexity index is 1000. The van der Waals surface area contributed by atoms with Crippen LogP contribution in [-0.2, 0) is 19.6 Å². The molecular weight excluding hydrogens is 476 g/mol. The molecule has 4 N–H and O–H groups in total. The second-order valence-electron chi connectivity index (χ2n) is 9.06. The van der Waals surface area contributed by atoms with Crippen LogP contribution in [0.1, 0.15) is 37.7 Å². The minimum absolute atomic E-state index is 0.0398. The lowest BCUT2D eigenvalue weighted by Gasteiger charge is -2.29. The molecule has 35 heavy (non-hydrogen) atoms. The van der Waals surface area contributed by atoms with E-state index in [4.69, 9.17) is 15.2 Å². The normalized spacial score (nSPS) is 21.9. The van der Waals surface area contributed by atoms with E-state index in [1.807, 2.05) is 17.9 Å². The van der Waals surface area contributed by atoms with Gasteiger partial charge >= 0.3 is 5.97 Å². The Hall–Kier alpha value is -2.41. The summed E-state index contributed by atoms with van der Waals surface area (Å²) in [6.45, 7) is 3.98.